The lowest BCUT2D eigenvalue weighted by atomic mass is 10.2. The molecule has 0 aliphatic heterocycles. The average molecular weight is 434 g/mol. The van der Waals surface area contributed by atoms with E-state index in [9.17, 15) is 8.42 Å². The summed E-state index contributed by atoms with van der Waals surface area (Å²) in [4.78, 5) is 8.87. The van der Waals surface area contributed by atoms with E-state index in [1.54, 1.807) is 12.1 Å². The summed E-state index contributed by atoms with van der Waals surface area (Å²) < 4.78 is 40.3. The molecule has 0 bridgehead atoms. The van der Waals surface area contributed by atoms with Gasteiger partial charge in [-0.1, -0.05) is 0 Å². The van der Waals surface area contributed by atoms with E-state index in [1.165, 1.54) is 21.3 Å². The zero-order chi connectivity index (χ0) is 21.5. The molecule has 30 heavy (non-hydrogen) atoms. The zero-order valence-electron chi connectivity index (χ0n) is 16.9. The second-order valence-corrected chi connectivity index (χ2v) is 8.83. The number of hydrogen-bond donors (Lipinski definition) is 3. The number of ether oxygens (including phenoxy) is 3. The Morgan fingerprint density at radius 3 is 2.27 bits per heavy atom. The van der Waals surface area contributed by atoms with Crippen LogP contribution in [-0.4, -0.2) is 62.2 Å². The van der Waals surface area contributed by atoms with Gasteiger partial charge in [0.15, 0.2) is 32.0 Å². The lowest BCUT2D eigenvalue weighted by molar-refractivity contribution is 0.324. The van der Waals surface area contributed by atoms with Crippen molar-refractivity contribution in [3.8, 4) is 17.2 Å². The monoisotopic (exact) mass is 434 g/mol. The summed E-state index contributed by atoms with van der Waals surface area (Å²) in [5, 5.41) is 13.3. The number of H-pyrrole nitrogens is 1. The Labute approximate surface area is 173 Å². The average Bonchev–Trinajstić information content (AvgIpc) is 3.40. The Balaban J connectivity index is 1.78. The molecule has 1 aliphatic rings. The van der Waals surface area contributed by atoms with E-state index in [4.69, 9.17) is 14.2 Å². The van der Waals surface area contributed by atoms with Crippen LogP contribution in [0.1, 0.15) is 12.8 Å². The van der Waals surface area contributed by atoms with Crippen molar-refractivity contribution in [1.29, 1.82) is 0 Å². The molecule has 1 fully saturated rings. The summed E-state index contributed by atoms with van der Waals surface area (Å²) in [5.41, 5.74) is 0.837. The lowest BCUT2D eigenvalue weighted by Crippen LogP contribution is -2.08. The third-order valence-electron chi connectivity index (χ3n) is 4.59. The van der Waals surface area contributed by atoms with Gasteiger partial charge in [-0.2, -0.15) is 15.1 Å². The van der Waals surface area contributed by atoms with E-state index in [0.717, 1.165) is 19.1 Å². The van der Waals surface area contributed by atoms with Crippen molar-refractivity contribution in [1.82, 2.24) is 20.2 Å². The second kappa shape index (κ2) is 7.52. The standard InChI is InChI=1S/C18H22N6O5S/c1-27-11-7-10(8-12(28-2)14(11)29-3)20-18-21-15(19-9-5-6-9)13-16(22-18)23-24-17(13)30(4,25)26/h7-9H,5-6H2,1-4H3,(H3,19,20,21,22,23,24). The van der Waals surface area contributed by atoms with Gasteiger partial charge in [0.1, 0.15) is 11.2 Å². The minimum atomic E-state index is -3.53. The fourth-order valence-corrected chi connectivity index (χ4v) is 3.80. The molecule has 12 heteroatoms. The van der Waals surface area contributed by atoms with Crippen LogP contribution in [-0.2, 0) is 9.84 Å². The van der Waals surface area contributed by atoms with Gasteiger partial charge >= 0.3 is 0 Å². The predicted octanol–water partition coefficient (Wildman–Crippen LogP) is 2.10. The minimum Gasteiger partial charge on any atom is -0.493 e. The van der Waals surface area contributed by atoms with Crippen LogP contribution in [0.2, 0.25) is 0 Å². The fraction of sp³-hybridized carbons (Fsp3) is 0.389. The van der Waals surface area contributed by atoms with Crippen molar-refractivity contribution in [2.45, 2.75) is 23.9 Å². The van der Waals surface area contributed by atoms with Gasteiger partial charge in [-0.15, -0.1) is 0 Å². The van der Waals surface area contributed by atoms with Gasteiger partial charge in [-0.25, -0.2) is 8.42 Å². The molecule has 11 nitrogen and oxygen atoms in total. The molecule has 1 saturated carbocycles. The van der Waals surface area contributed by atoms with Crippen molar-refractivity contribution in [3.63, 3.8) is 0 Å². The van der Waals surface area contributed by atoms with Crippen molar-refractivity contribution in [2.24, 2.45) is 0 Å². The first kappa shape index (κ1) is 20.0. The smallest absolute Gasteiger partial charge is 0.231 e. The zero-order valence-corrected chi connectivity index (χ0v) is 17.8. The van der Waals surface area contributed by atoms with Crippen LogP contribution >= 0.6 is 0 Å². The number of aromatic amines is 1. The van der Waals surface area contributed by atoms with E-state index in [2.05, 4.69) is 30.8 Å². The van der Waals surface area contributed by atoms with E-state index >= 15 is 0 Å². The molecular weight excluding hydrogens is 412 g/mol. The third-order valence-corrected chi connectivity index (χ3v) is 5.63. The molecule has 3 N–H and O–H groups in total. The molecule has 1 aliphatic carbocycles. The quantitative estimate of drug-likeness (QED) is 0.483. The van der Waals surface area contributed by atoms with E-state index in [1.807, 2.05) is 0 Å². The molecule has 0 atom stereocenters. The maximum absolute atomic E-state index is 12.1. The first-order valence-corrected chi connectivity index (χ1v) is 11.0. The molecule has 160 valence electrons. The molecule has 0 saturated heterocycles. The Bertz CT molecular complexity index is 1180. The maximum atomic E-state index is 12.1. The summed E-state index contributed by atoms with van der Waals surface area (Å²) >= 11 is 0. The highest BCUT2D eigenvalue weighted by atomic mass is 32.2. The van der Waals surface area contributed by atoms with E-state index in [-0.39, 0.29) is 22.7 Å². The highest BCUT2D eigenvalue weighted by molar-refractivity contribution is 7.90. The number of anilines is 3. The largest absolute Gasteiger partial charge is 0.493 e. The third kappa shape index (κ3) is 3.77. The number of sulfone groups is 1. The first-order chi connectivity index (χ1) is 14.3. The number of fused-ring (bicyclic) bond motifs is 1. The second-order valence-electron chi connectivity index (χ2n) is 6.88. The van der Waals surface area contributed by atoms with Crippen molar-refractivity contribution < 1.29 is 22.6 Å². The summed E-state index contributed by atoms with van der Waals surface area (Å²) in [5.74, 6) is 2.05. The molecule has 0 unspecified atom stereocenters. The number of nitrogens with zero attached hydrogens (tertiary/aromatic N) is 3. The van der Waals surface area contributed by atoms with Crippen LogP contribution < -0.4 is 24.8 Å². The number of rotatable bonds is 8. The van der Waals surface area contributed by atoms with Crippen molar-refractivity contribution >= 4 is 38.3 Å². The molecule has 1 aromatic carbocycles. The summed E-state index contributed by atoms with van der Waals surface area (Å²) in [6.07, 6.45) is 3.10. The van der Waals surface area contributed by atoms with Crippen LogP contribution in [0.4, 0.5) is 17.5 Å². The Morgan fingerprint density at radius 2 is 1.73 bits per heavy atom. The maximum Gasteiger partial charge on any atom is 0.231 e. The van der Waals surface area contributed by atoms with Gasteiger partial charge in [0, 0.05) is 30.1 Å². The molecule has 0 amide bonds. The van der Waals surface area contributed by atoms with Gasteiger partial charge in [-0.3, -0.25) is 5.10 Å². The number of aromatic nitrogens is 4. The van der Waals surface area contributed by atoms with Gasteiger partial charge in [0.2, 0.25) is 11.7 Å². The normalized spacial score (nSPS) is 13.9. The number of nitrogens with one attached hydrogen (secondary N) is 3. The van der Waals surface area contributed by atoms with Crippen molar-refractivity contribution in [3.05, 3.63) is 12.1 Å². The molecule has 0 radical (unpaired) electrons. The number of methoxy groups -OCH3 is 3. The van der Waals surface area contributed by atoms with Gasteiger partial charge in [0.25, 0.3) is 0 Å². The fourth-order valence-electron chi connectivity index (χ4n) is 3.03. The SMILES string of the molecule is COc1cc(Nc2nc(NC3CC3)c3c(S(C)(=O)=O)[nH]nc3n2)cc(OC)c1OC. The van der Waals surface area contributed by atoms with Gasteiger partial charge in [-0.05, 0) is 12.8 Å². The van der Waals surface area contributed by atoms with Crippen LogP contribution in [0.5, 0.6) is 17.2 Å². The molecule has 0 spiro atoms. The molecule has 2 aromatic heterocycles. The van der Waals surface area contributed by atoms with Gasteiger partial charge < -0.3 is 24.8 Å². The summed E-state index contributed by atoms with van der Waals surface area (Å²) in [6.45, 7) is 0. The summed E-state index contributed by atoms with van der Waals surface area (Å²) in [7, 11) is 1.05. The first-order valence-electron chi connectivity index (χ1n) is 9.13. The highest BCUT2D eigenvalue weighted by Crippen LogP contribution is 2.40. The van der Waals surface area contributed by atoms with Gasteiger partial charge in [0.05, 0.1) is 21.3 Å². The lowest BCUT2D eigenvalue weighted by Gasteiger charge is -2.15. The van der Waals surface area contributed by atoms with Crippen LogP contribution in [0.25, 0.3) is 11.0 Å². The number of benzene rings is 1. The topological polar surface area (TPSA) is 140 Å². The minimum absolute atomic E-state index is 0.0139. The Kier molecular flexibility index (Phi) is 5.02. The van der Waals surface area contributed by atoms with Crippen LogP contribution in [0, 0.1) is 0 Å². The Morgan fingerprint density at radius 1 is 1.07 bits per heavy atom. The molecule has 2 heterocycles. The molecular formula is C18H22N6O5S. The van der Waals surface area contributed by atoms with Crippen molar-refractivity contribution in [2.75, 3.05) is 38.2 Å². The molecule has 4 rings (SSSR count). The van der Waals surface area contributed by atoms with E-state index in [0.29, 0.717) is 34.1 Å². The Hall–Kier alpha value is -3.28. The highest BCUT2D eigenvalue weighted by Gasteiger charge is 2.27. The van der Waals surface area contributed by atoms with Crippen LogP contribution in [0.15, 0.2) is 17.2 Å². The molecule has 3 aromatic rings. The number of hydrogen-bond acceptors (Lipinski definition) is 10. The van der Waals surface area contributed by atoms with Crippen LogP contribution in [0.3, 0.4) is 0 Å². The predicted molar refractivity (Wildman–Crippen MR) is 111 cm³/mol. The van der Waals surface area contributed by atoms with E-state index < -0.39 is 9.84 Å². The summed E-state index contributed by atoms with van der Waals surface area (Å²) in [6, 6.07) is 3.68.